The fourth-order valence-electron chi connectivity index (χ4n) is 1.95. The molecule has 0 bridgehead atoms. The van der Waals surface area contributed by atoms with Crippen LogP contribution < -0.4 is 0 Å². The van der Waals surface area contributed by atoms with Gasteiger partial charge in [-0.2, -0.15) is 0 Å². The van der Waals surface area contributed by atoms with Gasteiger partial charge in [0.2, 0.25) is 0 Å². The zero-order valence-corrected chi connectivity index (χ0v) is 10.3. The van der Waals surface area contributed by atoms with E-state index in [1.165, 1.54) is 0 Å². The van der Waals surface area contributed by atoms with Gasteiger partial charge < -0.3 is 4.74 Å². The third-order valence-electron chi connectivity index (χ3n) is 2.90. The second kappa shape index (κ2) is 5.35. The van der Waals surface area contributed by atoms with Crippen LogP contribution in [0.3, 0.4) is 0 Å². The maximum absolute atomic E-state index is 13.7. The highest BCUT2D eigenvalue weighted by atomic mass is 35.5. The summed E-state index contributed by atoms with van der Waals surface area (Å²) in [6, 6.07) is 5.06. The van der Waals surface area contributed by atoms with Crippen LogP contribution in [-0.4, -0.2) is 18.6 Å². The van der Waals surface area contributed by atoms with Crippen LogP contribution in [0, 0.1) is 11.7 Å². The molecule has 0 aliphatic carbocycles. The zero-order chi connectivity index (χ0) is 11.5. The molecule has 1 nitrogen and oxygen atoms in total. The van der Waals surface area contributed by atoms with E-state index in [-0.39, 0.29) is 22.1 Å². The van der Waals surface area contributed by atoms with E-state index in [4.69, 9.17) is 27.9 Å². The summed E-state index contributed by atoms with van der Waals surface area (Å²) in [6.45, 7) is 1.29. The van der Waals surface area contributed by atoms with Crippen LogP contribution >= 0.6 is 23.2 Å². The molecule has 0 saturated carbocycles. The van der Waals surface area contributed by atoms with Crippen molar-refractivity contribution in [1.29, 1.82) is 0 Å². The molecule has 0 amide bonds. The molecule has 0 spiro atoms. The van der Waals surface area contributed by atoms with Gasteiger partial charge in [0.15, 0.2) is 0 Å². The van der Waals surface area contributed by atoms with Gasteiger partial charge >= 0.3 is 0 Å². The average molecular weight is 263 g/mol. The number of hydrogen-bond acceptors (Lipinski definition) is 1. The lowest BCUT2D eigenvalue weighted by atomic mass is 9.93. The number of rotatable bonds is 2. The van der Waals surface area contributed by atoms with Crippen molar-refractivity contribution >= 4 is 23.2 Å². The Morgan fingerprint density at radius 1 is 1.44 bits per heavy atom. The van der Waals surface area contributed by atoms with Crippen molar-refractivity contribution < 1.29 is 9.13 Å². The molecule has 0 radical (unpaired) electrons. The van der Waals surface area contributed by atoms with Crippen molar-refractivity contribution in [3.63, 3.8) is 0 Å². The first kappa shape index (κ1) is 12.2. The van der Waals surface area contributed by atoms with E-state index >= 15 is 0 Å². The Hall–Kier alpha value is -0.310. The summed E-state index contributed by atoms with van der Waals surface area (Å²) in [5, 5.41) is 0.229. The summed E-state index contributed by atoms with van der Waals surface area (Å²) < 4.78 is 19.0. The predicted octanol–water partition coefficient (Wildman–Crippen LogP) is 3.67. The number of benzene rings is 1. The van der Waals surface area contributed by atoms with Gasteiger partial charge in [-0.1, -0.05) is 23.7 Å². The average Bonchev–Trinajstić information content (AvgIpc) is 2.28. The first-order chi connectivity index (χ1) is 7.68. The van der Waals surface area contributed by atoms with Gasteiger partial charge in [0.1, 0.15) is 5.82 Å². The van der Waals surface area contributed by atoms with Gasteiger partial charge in [-0.15, -0.1) is 11.6 Å². The van der Waals surface area contributed by atoms with Gasteiger partial charge in [0.25, 0.3) is 0 Å². The molecule has 1 heterocycles. The van der Waals surface area contributed by atoms with Gasteiger partial charge in [0.05, 0.1) is 11.6 Å². The standard InChI is InChI=1S/C12H13Cl2FO/c13-10-4-5-16-7-9(10)6-8-2-1-3-11(14)12(8)15/h1-3,9-10H,4-7H2. The van der Waals surface area contributed by atoms with Crippen molar-refractivity contribution in [1.82, 2.24) is 0 Å². The highest BCUT2D eigenvalue weighted by Gasteiger charge is 2.25. The van der Waals surface area contributed by atoms with Crippen molar-refractivity contribution in [2.75, 3.05) is 13.2 Å². The quantitative estimate of drug-likeness (QED) is 0.740. The Morgan fingerprint density at radius 2 is 2.25 bits per heavy atom. The number of hydrogen-bond donors (Lipinski definition) is 0. The Bertz CT molecular complexity index is 370. The molecule has 4 heteroatoms. The molecule has 1 aliphatic rings. The summed E-state index contributed by atoms with van der Waals surface area (Å²) >= 11 is 11.9. The number of alkyl halides is 1. The van der Waals surface area contributed by atoms with Crippen molar-refractivity contribution in [3.8, 4) is 0 Å². The zero-order valence-electron chi connectivity index (χ0n) is 8.76. The molecule has 1 aliphatic heterocycles. The summed E-state index contributed by atoms with van der Waals surface area (Å²) in [4.78, 5) is 0. The Kier molecular flexibility index (Phi) is 4.06. The Morgan fingerprint density at radius 3 is 3.00 bits per heavy atom. The minimum absolute atomic E-state index is 0.0622. The summed E-state index contributed by atoms with van der Waals surface area (Å²) in [5.74, 6) is -0.165. The first-order valence-corrected chi connectivity index (χ1v) is 6.14. The van der Waals surface area contributed by atoms with Crippen LogP contribution in [0.5, 0.6) is 0 Å². The van der Waals surface area contributed by atoms with Gasteiger partial charge in [0, 0.05) is 17.9 Å². The number of halogens is 3. The molecular weight excluding hydrogens is 250 g/mol. The van der Waals surface area contributed by atoms with E-state index < -0.39 is 0 Å². The maximum Gasteiger partial charge on any atom is 0.144 e. The molecule has 0 N–H and O–H groups in total. The van der Waals surface area contributed by atoms with E-state index in [1.54, 1.807) is 18.2 Å². The fourth-order valence-corrected chi connectivity index (χ4v) is 2.39. The Balaban J connectivity index is 2.10. The number of ether oxygens (including phenoxy) is 1. The lowest BCUT2D eigenvalue weighted by molar-refractivity contribution is 0.0575. The van der Waals surface area contributed by atoms with Crippen LogP contribution in [0.25, 0.3) is 0 Å². The van der Waals surface area contributed by atoms with Gasteiger partial charge in [-0.05, 0) is 24.5 Å². The van der Waals surface area contributed by atoms with Crippen LogP contribution in [0.1, 0.15) is 12.0 Å². The second-order valence-corrected chi connectivity index (χ2v) is 5.02. The third-order valence-corrected chi connectivity index (χ3v) is 3.76. The van der Waals surface area contributed by atoms with Crippen molar-refractivity contribution in [2.45, 2.75) is 18.2 Å². The van der Waals surface area contributed by atoms with Crippen LogP contribution in [-0.2, 0) is 11.2 Å². The fraction of sp³-hybridized carbons (Fsp3) is 0.500. The molecule has 1 aromatic rings. The first-order valence-electron chi connectivity index (χ1n) is 5.33. The minimum atomic E-state index is -0.335. The largest absolute Gasteiger partial charge is 0.381 e. The predicted molar refractivity (Wildman–Crippen MR) is 63.7 cm³/mol. The highest BCUT2D eigenvalue weighted by Crippen LogP contribution is 2.27. The molecule has 88 valence electrons. The van der Waals surface area contributed by atoms with Crippen molar-refractivity contribution in [2.24, 2.45) is 5.92 Å². The monoisotopic (exact) mass is 262 g/mol. The molecule has 1 fully saturated rings. The van der Waals surface area contributed by atoms with Crippen LogP contribution in [0.4, 0.5) is 4.39 Å². The third kappa shape index (κ3) is 2.68. The van der Waals surface area contributed by atoms with Crippen LogP contribution in [0.15, 0.2) is 18.2 Å². The smallest absolute Gasteiger partial charge is 0.144 e. The summed E-state index contributed by atoms with van der Waals surface area (Å²) in [5.41, 5.74) is 0.619. The Labute approximate surface area is 105 Å². The van der Waals surface area contributed by atoms with Gasteiger partial charge in [-0.25, -0.2) is 4.39 Å². The van der Waals surface area contributed by atoms with E-state index in [2.05, 4.69) is 0 Å². The lowest BCUT2D eigenvalue weighted by Gasteiger charge is -2.27. The molecule has 16 heavy (non-hydrogen) atoms. The van der Waals surface area contributed by atoms with Gasteiger partial charge in [-0.3, -0.25) is 0 Å². The molecule has 0 aromatic heterocycles. The summed E-state index contributed by atoms with van der Waals surface area (Å²) in [6.07, 6.45) is 1.41. The summed E-state index contributed by atoms with van der Waals surface area (Å²) in [7, 11) is 0. The van der Waals surface area contributed by atoms with Crippen LogP contribution in [0.2, 0.25) is 5.02 Å². The lowest BCUT2D eigenvalue weighted by Crippen LogP contribution is -2.29. The van der Waals surface area contributed by atoms with E-state index in [9.17, 15) is 4.39 Å². The SMILES string of the molecule is Fc1c(Cl)cccc1CC1COCCC1Cl. The molecular formula is C12H13Cl2FO. The molecule has 1 aromatic carbocycles. The van der Waals surface area contributed by atoms with Crippen molar-refractivity contribution in [3.05, 3.63) is 34.6 Å². The topological polar surface area (TPSA) is 9.23 Å². The molecule has 1 saturated heterocycles. The minimum Gasteiger partial charge on any atom is -0.381 e. The normalized spacial score (nSPS) is 25.7. The molecule has 2 rings (SSSR count). The molecule has 2 atom stereocenters. The second-order valence-electron chi connectivity index (χ2n) is 4.06. The molecule has 2 unspecified atom stereocenters. The van der Waals surface area contributed by atoms with E-state index in [1.807, 2.05) is 0 Å². The highest BCUT2D eigenvalue weighted by molar-refractivity contribution is 6.30. The van der Waals surface area contributed by atoms with E-state index in [0.717, 1.165) is 6.42 Å². The van der Waals surface area contributed by atoms with E-state index in [0.29, 0.717) is 25.2 Å². The maximum atomic E-state index is 13.7.